The van der Waals surface area contributed by atoms with Crippen LogP contribution in [0.25, 0.3) is 0 Å². The molecule has 1 unspecified atom stereocenters. The van der Waals surface area contributed by atoms with E-state index < -0.39 is 0 Å². The maximum Gasteiger partial charge on any atom is 0.0592 e. The van der Waals surface area contributed by atoms with Crippen molar-refractivity contribution in [1.29, 1.82) is 0 Å². The molecule has 0 bridgehead atoms. The number of rotatable bonds is 4. The van der Waals surface area contributed by atoms with E-state index in [9.17, 15) is 0 Å². The summed E-state index contributed by atoms with van der Waals surface area (Å²) in [5.74, 6) is 0. The fourth-order valence-corrected chi connectivity index (χ4v) is 2.26. The average Bonchev–Trinajstić information content (AvgIpc) is 2.41. The van der Waals surface area contributed by atoms with E-state index in [2.05, 4.69) is 35.4 Å². The Balaban J connectivity index is 2.38. The zero-order valence-corrected chi connectivity index (χ0v) is 12.3. The van der Waals surface area contributed by atoms with Crippen LogP contribution in [0.5, 0.6) is 0 Å². The molecule has 0 amide bonds. The highest BCUT2D eigenvalue weighted by Crippen LogP contribution is 2.26. The van der Waals surface area contributed by atoms with Crippen molar-refractivity contribution in [1.82, 2.24) is 10.3 Å². The van der Waals surface area contributed by atoms with E-state index in [1.807, 2.05) is 32.2 Å². The molecule has 100 valence electrons. The van der Waals surface area contributed by atoms with Crippen molar-refractivity contribution in [3.63, 3.8) is 0 Å². The van der Waals surface area contributed by atoms with E-state index in [-0.39, 0.29) is 6.04 Å². The number of pyridine rings is 1. The van der Waals surface area contributed by atoms with Crippen LogP contribution in [0, 0.1) is 13.8 Å². The third kappa shape index (κ3) is 3.34. The summed E-state index contributed by atoms with van der Waals surface area (Å²) in [6, 6.07) is 10.5. The number of aryl methyl sites for hydroxylation is 2. The standard InChI is InChI=1S/C16H19ClN2/c1-4-18-16(14-8-6-12(3)19-10-14)13-7-5-11(2)15(17)9-13/h5-10,16,18H,4H2,1-3H3. The van der Waals surface area contributed by atoms with Crippen LogP contribution >= 0.6 is 11.6 Å². The zero-order valence-electron chi connectivity index (χ0n) is 11.6. The lowest BCUT2D eigenvalue weighted by atomic mass is 9.99. The van der Waals surface area contributed by atoms with Gasteiger partial charge in [-0.15, -0.1) is 0 Å². The molecule has 0 aliphatic rings. The maximum absolute atomic E-state index is 6.23. The summed E-state index contributed by atoms with van der Waals surface area (Å²) in [5, 5.41) is 4.29. The Kier molecular flexibility index (Phi) is 4.56. The molecular formula is C16H19ClN2. The summed E-state index contributed by atoms with van der Waals surface area (Å²) in [6.45, 7) is 7.00. The molecule has 2 rings (SSSR count). The van der Waals surface area contributed by atoms with E-state index in [0.29, 0.717) is 0 Å². The Bertz CT molecular complexity index is 549. The molecule has 0 spiro atoms. The molecule has 0 saturated carbocycles. The van der Waals surface area contributed by atoms with Gasteiger partial charge in [0.2, 0.25) is 0 Å². The van der Waals surface area contributed by atoms with Crippen molar-refractivity contribution in [3.05, 3.63) is 63.9 Å². The second-order valence-corrected chi connectivity index (χ2v) is 5.14. The van der Waals surface area contributed by atoms with Gasteiger partial charge in [0, 0.05) is 16.9 Å². The quantitative estimate of drug-likeness (QED) is 0.910. The zero-order chi connectivity index (χ0) is 13.8. The van der Waals surface area contributed by atoms with Crippen molar-refractivity contribution in [2.45, 2.75) is 26.8 Å². The Labute approximate surface area is 119 Å². The maximum atomic E-state index is 6.23. The summed E-state index contributed by atoms with van der Waals surface area (Å²) in [6.07, 6.45) is 1.93. The summed E-state index contributed by atoms with van der Waals surface area (Å²) in [7, 11) is 0. The van der Waals surface area contributed by atoms with Crippen molar-refractivity contribution in [3.8, 4) is 0 Å². The second-order valence-electron chi connectivity index (χ2n) is 4.73. The van der Waals surface area contributed by atoms with Gasteiger partial charge in [-0.25, -0.2) is 0 Å². The summed E-state index contributed by atoms with van der Waals surface area (Å²) < 4.78 is 0. The fraction of sp³-hybridized carbons (Fsp3) is 0.312. The normalized spacial score (nSPS) is 12.4. The minimum absolute atomic E-state index is 0.135. The number of halogens is 1. The third-order valence-electron chi connectivity index (χ3n) is 3.21. The van der Waals surface area contributed by atoms with Crippen LogP contribution in [-0.4, -0.2) is 11.5 Å². The van der Waals surface area contributed by atoms with Crippen LogP contribution in [0.4, 0.5) is 0 Å². The van der Waals surface area contributed by atoms with E-state index in [4.69, 9.17) is 11.6 Å². The minimum atomic E-state index is 0.135. The molecule has 0 fully saturated rings. The van der Waals surface area contributed by atoms with Crippen LogP contribution in [0.1, 0.15) is 35.3 Å². The van der Waals surface area contributed by atoms with Gasteiger partial charge in [-0.2, -0.15) is 0 Å². The number of nitrogens with one attached hydrogen (secondary N) is 1. The molecule has 1 aromatic carbocycles. The molecule has 3 heteroatoms. The monoisotopic (exact) mass is 274 g/mol. The highest BCUT2D eigenvalue weighted by atomic mass is 35.5. The summed E-state index contributed by atoms with van der Waals surface area (Å²) in [4.78, 5) is 4.37. The van der Waals surface area contributed by atoms with Gasteiger partial charge in [-0.05, 0) is 49.2 Å². The molecule has 19 heavy (non-hydrogen) atoms. The molecule has 0 aliphatic heterocycles. The molecule has 0 radical (unpaired) electrons. The van der Waals surface area contributed by atoms with Crippen molar-refractivity contribution < 1.29 is 0 Å². The molecule has 1 aromatic heterocycles. The topological polar surface area (TPSA) is 24.9 Å². The molecule has 2 aromatic rings. The lowest BCUT2D eigenvalue weighted by Crippen LogP contribution is -2.22. The number of hydrogen-bond acceptors (Lipinski definition) is 2. The van der Waals surface area contributed by atoms with Crippen molar-refractivity contribution >= 4 is 11.6 Å². The van der Waals surface area contributed by atoms with Gasteiger partial charge in [0.15, 0.2) is 0 Å². The lowest BCUT2D eigenvalue weighted by Gasteiger charge is -2.19. The van der Waals surface area contributed by atoms with Gasteiger partial charge >= 0.3 is 0 Å². The first-order valence-electron chi connectivity index (χ1n) is 6.53. The Morgan fingerprint density at radius 3 is 2.47 bits per heavy atom. The highest BCUT2D eigenvalue weighted by Gasteiger charge is 2.14. The number of aromatic nitrogens is 1. The first-order chi connectivity index (χ1) is 9.11. The number of hydrogen-bond donors (Lipinski definition) is 1. The van der Waals surface area contributed by atoms with Gasteiger partial charge in [0.1, 0.15) is 0 Å². The molecule has 1 atom stereocenters. The van der Waals surface area contributed by atoms with E-state index >= 15 is 0 Å². The first-order valence-corrected chi connectivity index (χ1v) is 6.91. The van der Waals surface area contributed by atoms with Gasteiger partial charge < -0.3 is 5.32 Å². The van der Waals surface area contributed by atoms with Crippen molar-refractivity contribution in [2.24, 2.45) is 0 Å². The second kappa shape index (κ2) is 6.18. The predicted octanol–water partition coefficient (Wildman–Crippen LogP) is 4.05. The first kappa shape index (κ1) is 14.0. The summed E-state index contributed by atoms with van der Waals surface area (Å²) >= 11 is 6.23. The van der Waals surface area contributed by atoms with Gasteiger partial charge in [0.25, 0.3) is 0 Å². The van der Waals surface area contributed by atoms with Gasteiger partial charge in [-0.3, -0.25) is 4.98 Å². The largest absolute Gasteiger partial charge is 0.306 e. The van der Waals surface area contributed by atoms with Crippen LogP contribution < -0.4 is 5.32 Å². The third-order valence-corrected chi connectivity index (χ3v) is 3.61. The average molecular weight is 275 g/mol. The van der Waals surface area contributed by atoms with Crippen LogP contribution in [0.3, 0.4) is 0 Å². The minimum Gasteiger partial charge on any atom is -0.306 e. The fourth-order valence-electron chi connectivity index (χ4n) is 2.07. The SMILES string of the molecule is CCNC(c1ccc(C)nc1)c1ccc(C)c(Cl)c1. The molecule has 0 saturated heterocycles. The molecule has 2 nitrogen and oxygen atoms in total. The van der Waals surface area contributed by atoms with Gasteiger partial charge in [-0.1, -0.05) is 36.7 Å². The molecular weight excluding hydrogens is 256 g/mol. The Hall–Kier alpha value is -1.38. The van der Waals surface area contributed by atoms with Crippen LogP contribution in [0.2, 0.25) is 5.02 Å². The lowest BCUT2D eigenvalue weighted by molar-refractivity contribution is 0.628. The smallest absolute Gasteiger partial charge is 0.0592 e. The van der Waals surface area contributed by atoms with Crippen LogP contribution in [-0.2, 0) is 0 Å². The molecule has 1 heterocycles. The Morgan fingerprint density at radius 2 is 1.89 bits per heavy atom. The van der Waals surface area contributed by atoms with E-state index in [1.54, 1.807) is 0 Å². The van der Waals surface area contributed by atoms with Crippen LogP contribution in [0.15, 0.2) is 36.5 Å². The van der Waals surface area contributed by atoms with E-state index in [0.717, 1.165) is 28.4 Å². The van der Waals surface area contributed by atoms with E-state index in [1.165, 1.54) is 5.56 Å². The number of benzene rings is 1. The Morgan fingerprint density at radius 1 is 1.16 bits per heavy atom. The molecule has 1 N–H and O–H groups in total. The van der Waals surface area contributed by atoms with Gasteiger partial charge in [0.05, 0.1) is 6.04 Å². The summed E-state index contributed by atoms with van der Waals surface area (Å²) in [5.41, 5.74) is 4.46. The van der Waals surface area contributed by atoms with Crippen molar-refractivity contribution in [2.75, 3.05) is 6.54 Å². The number of nitrogens with zero attached hydrogens (tertiary/aromatic N) is 1. The predicted molar refractivity (Wildman–Crippen MR) is 80.7 cm³/mol. The highest BCUT2D eigenvalue weighted by molar-refractivity contribution is 6.31. The molecule has 0 aliphatic carbocycles.